The summed E-state index contributed by atoms with van der Waals surface area (Å²) in [5, 5.41) is 19.2. The monoisotopic (exact) mass is 432 g/mol. The summed E-state index contributed by atoms with van der Waals surface area (Å²) >= 11 is 0. The number of carbonyl (C=O) groups is 2. The van der Waals surface area contributed by atoms with Crippen LogP contribution in [0.15, 0.2) is 60.7 Å². The number of ether oxygens (including phenoxy) is 1. The van der Waals surface area contributed by atoms with Gasteiger partial charge in [-0.25, -0.2) is 9.59 Å². The lowest BCUT2D eigenvalue weighted by molar-refractivity contribution is -0.146. The first-order valence-corrected chi connectivity index (χ1v) is 9.84. The Morgan fingerprint density at radius 3 is 2.09 bits per heavy atom. The van der Waals surface area contributed by atoms with Crippen molar-refractivity contribution >= 4 is 12.1 Å². The number of benzene rings is 2. The first-order chi connectivity index (χ1) is 15.5. The highest BCUT2D eigenvalue weighted by atomic mass is 16.7. The van der Waals surface area contributed by atoms with Gasteiger partial charge < -0.3 is 19.8 Å². The van der Waals surface area contributed by atoms with E-state index in [9.17, 15) is 19.8 Å². The lowest BCUT2D eigenvalue weighted by Crippen LogP contribution is -2.40. The number of carbonyl (C=O) groups excluding carboxylic acids is 2. The predicted octanol–water partition coefficient (Wildman–Crippen LogP) is 2.74. The highest BCUT2D eigenvalue weighted by Gasteiger charge is 2.30. The van der Waals surface area contributed by atoms with Crippen LogP contribution < -0.4 is 4.84 Å². The molecule has 162 valence electrons. The minimum absolute atomic E-state index is 0.0716. The summed E-state index contributed by atoms with van der Waals surface area (Å²) in [5.74, 6) is 0.303. The van der Waals surface area contributed by atoms with Crippen LogP contribution in [0.2, 0.25) is 0 Å². The molecule has 0 aliphatic heterocycles. The summed E-state index contributed by atoms with van der Waals surface area (Å²) in [6.07, 6.45) is 4.56. The van der Waals surface area contributed by atoms with Crippen LogP contribution in [0, 0.1) is 12.3 Å². The highest BCUT2D eigenvalue weighted by Crippen LogP contribution is 2.44. The summed E-state index contributed by atoms with van der Waals surface area (Å²) in [4.78, 5) is 30.8. The Morgan fingerprint density at radius 2 is 1.53 bits per heavy atom. The molecule has 8 nitrogen and oxygen atoms in total. The molecule has 1 amide bonds. The maximum absolute atomic E-state index is 12.7. The van der Waals surface area contributed by atoms with E-state index in [2.05, 4.69) is 5.92 Å². The van der Waals surface area contributed by atoms with Crippen molar-refractivity contribution in [1.82, 2.24) is 9.63 Å². The number of hydrogen-bond donors (Lipinski definition) is 2. The second kappa shape index (κ2) is 8.78. The van der Waals surface area contributed by atoms with E-state index in [1.54, 1.807) is 0 Å². The van der Waals surface area contributed by atoms with Crippen LogP contribution in [0.1, 0.15) is 17.0 Å². The van der Waals surface area contributed by atoms with Crippen LogP contribution in [0.3, 0.4) is 0 Å². The molecule has 0 unspecified atom stereocenters. The minimum atomic E-state index is -0.921. The molecule has 32 heavy (non-hydrogen) atoms. The molecule has 0 fully saturated rings. The minimum Gasteiger partial charge on any atom is -0.492 e. The van der Waals surface area contributed by atoms with Gasteiger partial charge in [0.25, 0.3) is 0 Å². The zero-order valence-electron chi connectivity index (χ0n) is 17.0. The summed E-state index contributed by atoms with van der Waals surface area (Å²) < 4.78 is 6.05. The molecule has 0 atom stereocenters. The lowest BCUT2D eigenvalue weighted by atomic mass is 9.98. The number of hydrogen-bond acceptors (Lipinski definition) is 6. The molecule has 1 heterocycles. The molecule has 1 aliphatic rings. The molecule has 1 aliphatic carbocycles. The van der Waals surface area contributed by atoms with E-state index in [0.29, 0.717) is 4.73 Å². The third-order valence-corrected chi connectivity index (χ3v) is 5.19. The number of terminal acetylenes is 1. The van der Waals surface area contributed by atoms with Crippen molar-refractivity contribution in [1.29, 1.82) is 0 Å². The van der Waals surface area contributed by atoms with Crippen molar-refractivity contribution in [3.05, 3.63) is 71.8 Å². The van der Waals surface area contributed by atoms with Crippen LogP contribution in [0.25, 0.3) is 11.1 Å². The van der Waals surface area contributed by atoms with Gasteiger partial charge in [0.05, 0.1) is 6.54 Å². The summed E-state index contributed by atoms with van der Waals surface area (Å²) in [5.41, 5.74) is 4.31. The van der Waals surface area contributed by atoms with Crippen LogP contribution in [-0.4, -0.2) is 51.6 Å². The normalized spacial score (nSPS) is 11.8. The molecule has 2 aromatic carbocycles. The van der Waals surface area contributed by atoms with Gasteiger partial charge in [-0.2, -0.15) is 0 Å². The average molecular weight is 432 g/mol. The zero-order chi connectivity index (χ0) is 22.7. The van der Waals surface area contributed by atoms with Crippen LogP contribution in [0.5, 0.6) is 11.8 Å². The summed E-state index contributed by atoms with van der Waals surface area (Å²) in [6.45, 7) is -0.643. The van der Waals surface area contributed by atoms with Gasteiger partial charge in [0.15, 0.2) is 0 Å². The van der Waals surface area contributed by atoms with Crippen LogP contribution >= 0.6 is 0 Å². The maximum Gasteiger partial charge on any atom is 0.411 e. The molecule has 0 bridgehead atoms. The molecule has 2 N–H and O–H groups in total. The van der Waals surface area contributed by atoms with E-state index < -0.39 is 30.4 Å². The number of nitrogens with zero attached hydrogens (tertiary/aromatic N) is 2. The van der Waals surface area contributed by atoms with E-state index in [4.69, 9.17) is 16.0 Å². The third-order valence-electron chi connectivity index (χ3n) is 5.19. The molecule has 0 saturated carbocycles. The maximum atomic E-state index is 12.7. The van der Waals surface area contributed by atoms with E-state index in [1.807, 2.05) is 48.5 Å². The van der Waals surface area contributed by atoms with Gasteiger partial charge in [-0.3, -0.25) is 4.90 Å². The number of fused-ring (bicyclic) bond motifs is 3. The van der Waals surface area contributed by atoms with Crippen molar-refractivity contribution in [2.45, 2.75) is 5.92 Å². The topological polar surface area (TPSA) is 101 Å². The molecule has 3 aromatic rings. The molecule has 0 radical (unpaired) electrons. The van der Waals surface area contributed by atoms with Crippen molar-refractivity contribution in [2.24, 2.45) is 0 Å². The van der Waals surface area contributed by atoms with E-state index in [0.717, 1.165) is 39.3 Å². The van der Waals surface area contributed by atoms with E-state index in [-0.39, 0.29) is 19.1 Å². The fraction of sp³-hybridized carbons (Fsp3) is 0.167. The second-order valence-electron chi connectivity index (χ2n) is 7.17. The van der Waals surface area contributed by atoms with E-state index in [1.165, 1.54) is 0 Å². The highest BCUT2D eigenvalue weighted by molar-refractivity contribution is 5.80. The lowest BCUT2D eigenvalue weighted by Gasteiger charge is -2.21. The third kappa shape index (κ3) is 3.96. The zero-order valence-corrected chi connectivity index (χ0v) is 17.0. The molecule has 4 rings (SSSR count). The fourth-order valence-electron chi connectivity index (χ4n) is 3.76. The Hall–Kier alpha value is -4.38. The van der Waals surface area contributed by atoms with Crippen molar-refractivity contribution < 1.29 is 29.4 Å². The van der Waals surface area contributed by atoms with Crippen molar-refractivity contribution in [2.75, 3.05) is 19.7 Å². The SMILES string of the molecule is C#CCN(CC(=O)On1c(O)ccc1O)C(=O)OCC1c2ccccc2-c2ccccc21. The Morgan fingerprint density at radius 1 is 0.969 bits per heavy atom. The van der Waals surface area contributed by atoms with Gasteiger partial charge in [0.2, 0.25) is 11.8 Å². The van der Waals surface area contributed by atoms with E-state index >= 15 is 0 Å². The van der Waals surface area contributed by atoms with Gasteiger partial charge in [-0.15, -0.1) is 11.2 Å². The van der Waals surface area contributed by atoms with Gasteiger partial charge in [0, 0.05) is 18.1 Å². The Labute approximate surface area is 184 Å². The number of rotatable bonds is 6. The average Bonchev–Trinajstić information content (AvgIpc) is 3.29. The first-order valence-electron chi connectivity index (χ1n) is 9.84. The summed E-state index contributed by atoms with van der Waals surface area (Å²) in [7, 11) is 0. The quantitative estimate of drug-likeness (QED) is 0.581. The largest absolute Gasteiger partial charge is 0.492 e. The molecule has 0 spiro atoms. The van der Waals surface area contributed by atoms with Gasteiger partial charge in [-0.05, 0) is 22.3 Å². The van der Waals surface area contributed by atoms with Gasteiger partial charge in [0.1, 0.15) is 13.2 Å². The Bertz CT molecular complexity index is 1140. The molecular formula is C24H20N2O6. The Kier molecular flexibility index (Phi) is 5.73. The molecule has 8 heteroatoms. The number of aromatic hydroxyl groups is 2. The number of aromatic nitrogens is 1. The Balaban J connectivity index is 1.44. The van der Waals surface area contributed by atoms with Crippen LogP contribution in [-0.2, 0) is 9.53 Å². The molecule has 1 aromatic heterocycles. The predicted molar refractivity (Wildman–Crippen MR) is 115 cm³/mol. The molecule has 0 saturated heterocycles. The van der Waals surface area contributed by atoms with Crippen LogP contribution in [0.4, 0.5) is 4.79 Å². The number of amides is 1. The fourth-order valence-corrected chi connectivity index (χ4v) is 3.76. The van der Waals surface area contributed by atoms with Crippen molar-refractivity contribution in [3.8, 4) is 35.2 Å². The smallest absolute Gasteiger partial charge is 0.411 e. The van der Waals surface area contributed by atoms with Gasteiger partial charge >= 0.3 is 12.1 Å². The van der Waals surface area contributed by atoms with Crippen molar-refractivity contribution in [3.63, 3.8) is 0 Å². The van der Waals surface area contributed by atoms with Gasteiger partial charge in [-0.1, -0.05) is 54.5 Å². The summed E-state index contributed by atoms with van der Waals surface area (Å²) in [6, 6.07) is 18.2. The molecular weight excluding hydrogens is 412 g/mol. The first kappa shape index (κ1) is 20.9. The second-order valence-corrected chi connectivity index (χ2v) is 7.17. The standard InChI is InChI=1S/C24H20N2O6/c1-2-13-25(14-23(29)32-26-21(27)11-12-22(26)28)24(30)31-15-20-18-9-5-3-7-16(18)17-8-4-6-10-19(17)20/h1,3-12,20,27-28H,13-15H2.